The maximum atomic E-state index is 12.3. The van der Waals surface area contributed by atoms with E-state index in [1.165, 1.54) is 0 Å². The number of hydrogen-bond acceptors (Lipinski definition) is 3. The standard InChI is InChI=1S/C15H17ClN2O3/c1-20-14-5-10-11(8-17-13(10)6-12(14)16)15(19)18-7-9-3-2-4-21-9/h5-6,8-9,17H,2-4,7H2,1H3,(H,18,19)/t9-/m1/s1. The third kappa shape index (κ3) is 2.84. The van der Waals surface area contributed by atoms with Crippen LogP contribution in [0, 0.1) is 0 Å². The van der Waals surface area contributed by atoms with Crippen molar-refractivity contribution >= 4 is 28.4 Å². The van der Waals surface area contributed by atoms with Gasteiger partial charge in [-0.15, -0.1) is 0 Å². The van der Waals surface area contributed by atoms with Gasteiger partial charge in [0.15, 0.2) is 0 Å². The van der Waals surface area contributed by atoms with E-state index in [-0.39, 0.29) is 12.0 Å². The van der Waals surface area contributed by atoms with Crippen molar-refractivity contribution in [2.45, 2.75) is 18.9 Å². The number of benzene rings is 1. The minimum atomic E-state index is -0.124. The van der Waals surface area contributed by atoms with Crippen LogP contribution in [0.5, 0.6) is 5.75 Å². The number of nitrogens with one attached hydrogen (secondary N) is 2. The Hall–Kier alpha value is -1.72. The summed E-state index contributed by atoms with van der Waals surface area (Å²) in [5.74, 6) is 0.429. The highest BCUT2D eigenvalue weighted by Gasteiger charge is 2.18. The van der Waals surface area contributed by atoms with Crippen LogP contribution in [0.4, 0.5) is 0 Å². The lowest BCUT2D eigenvalue weighted by Crippen LogP contribution is -2.31. The van der Waals surface area contributed by atoms with Gasteiger partial charge in [-0.25, -0.2) is 0 Å². The van der Waals surface area contributed by atoms with Gasteiger partial charge in [0.1, 0.15) is 5.75 Å². The average Bonchev–Trinajstić information content (AvgIpc) is 3.13. The molecular formula is C15H17ClN2O3. The minimum Gasteiger partial charge on any atom is -0.495 e. The van der Waals surface area contributed by atoms with E-state index in [1.807, 2.05) is 0 Å². The molecule has 3 rings (SSSR count). The second kappa shape index (κ2) is 5.95. The molecule has 1 aromatic carbocycles. The van der Waals surface area contributed by atoms with Crippen LogP contribution in [0.2, 0.25) is 5.02 Å². The number of carbonyl (C=O) groups is 1. The molecule has 0 aliphatic carbocycles. The first kappa shape index (κ1) is 14.2. The summed E-state index contributed by atoms with van der Waals surface area (Å²) < 4.78 is 10.7. The molecule has 21 heavy (non-hydrogen) atoms. The maximum Gasteiger partial charge on any atom is 0.253 e. The van der Waals surface area contributed by atoms with E-state index in [4.69, 9.17) is 21.1 Å². The number of methoxy groups -OCH3 is 1. The van der Waals surface area contributed by atoms with Crippen LogP contribution in [0.3, 0.4) is 0 Å². The Balaban J connectivity index is 1.80. The predicted octanol–water partition coefficient (Wildman–Crippen LogP) is 2.74. The number of rotatable bonds is 4. The summed E-state index contributed by atoms with van der Waals surface area (Å²) >= 11 is 6.08. The molecule has 2 N–H and O–H groups in total. The molecule has 0 spiro atoms. The first-order chi connectivity index (χ1) is 10.2. The average molecular weight is 309 g/mol. The number of aromatic nitrogens is 1. The molecular weight excluding hydrogens is 292 g/mol. The Morgan fingerprint density at radius 1 is 1.57 bits per heavy atom. The van der Waals surface area contributed by atoms with E-state index >= 15 is 0 Å². The molecule has 112 valence electrons. The van der Waals surface area contributed by atoms with Crippen molar-refractivity contribution in [3.05, 3.63) is 28.9 Å². The van der Waals surface area contributed by atoms with Crippen LogP contribution in [-0.2, 0) is 4.74 Å². The Morgan fingerprint density at radius 2 is 2.43 bits per heavy atom. The SMILES string of the molecule is COc1cc2c(C(=O)NC[C@H]3CCCO3)c[nH]c2cc1Cl. The smallest absolute Gasteiger partial charge is 0.253 e. The van der Waals surface area contributed by atoms with Crippen LogP contribution in [0.25, 0.3) is 10.9 Å². The summed E-state index contributed by atoms with van der Waals surface area (Å²) in [6.07, 6.45) is 3.87. The lowest BCUT2D eigenvalue weighted by Gasteiger charge is -2.10. The van der Waals surface area contributed by atoms with Crippen LogP contribution in [0.1, 0.15) is 23.2 Å². The zero-order valence-corrected chi connectivity index (χ0v) is 12.5. The largest absolute Gasteiger partial charge is 0.495 e. The molecule has 1 saturated heterocycles. The van der Waals surface area contributed by atoms with Gasteiger partial charge in [-0.2, -0.15) is 0 Å². The zero-order chi connectivity index (χ0) is 14.8. The van der Waals surface area contributed by atoms with E-state index in [0.717, 1.165) is 30.4 Å². The lowest BCUT2D eigenvalue weighted by atomic mass is 10.1. The lowest BCUT2D eigenvalue weighted by molar-refractivity contribution is 0.0859. The monoisotopic (exact) mass is 308 g/mol. The van der Waals surface area contributed by atoms with Crippen molar-refractivity contribution in [2.24, 2.45) is 0 Å². The van der Waals surface area contributed by atoms with Gasteiger partial charge >= 0.3 is 0 Å². The zero-order valence-electron chi connectivity index (χ0n) is 11.7. The molecule has 0 bridgehead atoms. The second-order valence-corrected chi connectivity index (χ2v) is 5.49. The second-order valence-electron chi connectivity index (χ2n) is 5.08. The Kier molecular flexibility index (Phi) is 4.03. The van der Waals surface area contributed by atoms with Crippen LogP contribution >= 0.6 is 11.6 Å². The van der Waals surface area contributed by atoms with E-state index in [1.54, 1.807) is 25.4 Å². The van der Waals surface area contributed by atoms with Gasteiger partial charge in [0, 0.05) is 30.3 Å². The summed E-state index contributed by atoms with van der Waals surface area (Å²) in [7, 11) is 1.55. The van der Waals surface area contributed by atoms with Crippen molar-refractivity contribution in [3.8, 4) is 5.75 Å². The van der Waals surface area contributed by atoms with Gasteiger partial charge in [0.25, 0.3) is 5.91 Å². The maximum absolute atomic E-state index is 12.3. The molecule has 1 fully saturated rings. The topological polar surface area (TPSA) is 63.4 Å². The molecule has 0 unspecified atom stereocenters. The number of amides is 1. The van der Waals surface area contributed by atoms with Crippen LogP contribution in [0.15, 0.2) is 18.3 Å². The predicted molar refractivity (Wildman–Crippen MR) is 81.2 cm³/mol. The summed E-state index contributed by atoms with van der Waals surface area (Å²) in [5, 5.41) is 4.22. The third-order valence-corrected chi connectivity index (χ3v) is 4.01. The van der Waals surface area contributed by atoms with Crippen LogP contribution < -0.4 is 10.1 Å². The first-order valence-electron chi connectivity index (χ1n) is 6.93. The van der Waals surface area contributed by atoms with Crippen molar-refractivity contribution < 1.29 is 14.3 Å². The molecule has 1 aromatic heterocycles. The number of carbonyl (C=O) groups excluding carboxylic acids is 1. The molecule has 1 aliphatic heterocycles. The van der Waals surface area contributed by atoms with E-state index < -0.39 is 0 Å². The number of hydrogen-bond donors (Lipinski definition) is 2. The molecule has 0 radical (unpaired) electrons. The van der Waals surface area contributed by atoms with Gasteiger partial charge in [-0.05, 0) is 25.0 Å². The van der Waals surface area contributed by atoms with E-state index in [9.17, 15) is 4.79 Å². The number of ether oxygens (including phenoxy) is 2. The highest BCUT2D eigenvalue weighted by Crippen LogP contribution is 2.31. The van der Waals surface area contributed by atoms with Crippen LogP contribution in [-0.4, -0.2) is 37.3 Å². The molecule has 2 aromatic rings. The number of H-pyrrole nitrogens is 1. The quantitative estimate of drug-likeness (QED) is 0.913. The molecule has 6 heteroatoms. The van der Waals surface area contributed by atoms with Crippen molar-refractivity contribution in [2.75, 3.05) is 20.3 Å². The Bertz CT molecular complexity index is 662. The minimum absolute atomic E-state index is 0.124. The summed E-state index contributed by atoms with van der Waals surface area (Å²) in [5.41, 5.74) is 1.39. The first-order valence-corrected chi connectivity index (χ1v) is 7.31. The van der Waals surface area contributed by atoms with E-state index in [2.05, 4.69) is 10.3 Å². The summed E-state index contributed by atoms with van der Waals surface area (Å²) in [4.78, 5) is 15.4. The van der Waals surface area contributed by atoms with Gasteiger partial charge < -0.3 is 19.8 Å². The van der Waals surface area contributed by atoms with Gasteiger partial charge in [0.05, 0.1) is 23.8 Å². The summed E-state index contributed by atoms with van der Waals surface area (Å²) in [6.45, 7) is 1.32. The normalized spacial score (nSPS) is 18.1. The van der Waals surface area contributed by atoms with Crippen molar-refractivity contribution in [3.63, 3.8) is 0 Å². The van der Waals surface area contributed by atoms with Gasteiger partial charge in [0.2, 0.25) is 0 Å². The molecule has 5 nitrogen and oxygen atoms in total. The van der Waals surface area contributed by atoms with Gasteiger partial charge in [-0.3, -0.25) is 4.79 Å². The molecule has 1 atom stereocenters. The van der Waals surface area contributed by atoms with E-state index in [0.29, 0.717) is 22.9 Å². The third-order valence-electron chi connectivity index (χ3n) is 3.71. The molecule has 0 saturated carbocycles. The number of halogens is 1. The number of aromatic amines is 1. The molecule has 2 heterocycles. The Labute approximate surface area is 127 Å². The fraction of sp³-hybridized carbons (Fsp3) is 0.400. The highest BCUT2D eigenvalue weighted by molar-refractivity contribution is 6.33. The Morgan fingerprint density at radius 3 is 3.14 bits per heavy atom. The fourth-order valence-electron chi connectivity index (χ4n) is 2.57. The summed E-state index contributed by atoms with van der Waals surface area (Å²) in [6, 6.07) is 3.53. The number of fused-ring (bicyclic) bond motifs is 1. The molecule has 1 amide bonds. The fourth-order valence-corrected chi connectivity index (χ4v) is 2.82. The molecule has 1 aliphatic rings. The van der Waals surface area contributed by atoms with Gasteiger partial charge in [-0.1, -0.05) is 11.6 Å². The van der Waals surface area contributed by atoms with Crippen molar-refractivity contribution in [1.82, 2.24) is 10.3 Å². The highest BCUT2D eigenvalue weighted by atomic mass is 35.5. The van der Waals surface area contributed by atoms with Crippen molar-refractivity contribution in [1.29, 1.82) is 0 Å².